The van der Waals surface area contributed by atoms with Crippen LogP contribution >= 0.6 is 0 Å². The highest BCUT2D eigenvalue weighted by atomic mass is 16.7. The summed E-state index contributed by atoms with van der Waals surface area (Å²) in [5.74, 6) is 1.31. The van der Waals surface area contributed by atoms with Gasteiger partial charge in [0.15, 0.2) is 0 Å². The molecule has 7 heteroatoms. The third kappa shape index (κ3) is 7.29. The quantitative estimate of drug-likeness (QED) is 0.204. The average Bonchev–Trinajstić information content (AvgIpc) is 3.88. The zero-order valence-corrected chi connectivity index (χ0v) is 33.4. The van der Waals surface area contributed by atoms with Crippen LogP contribution in [-0.2, 0) is 24.7 Å². The summed E-state index contributed by atoms with van der Waals surface area (Å²) in [6.07, 6.45) is 15.2. The lowest BCUT2D eigenvalue weighted by atomic mass is 9.93. The normalized spacial score (nSPS) is 18.4. The first-order chi connectivity index (χ1) is 26.0. The number of aryl methyl sites for hydroxylation is 4. The number of allylic oxidation sites excluding steroid dienone is 1. The van der Waals surface area contributed by atoms with Gasteiger partial charge in [0, 0.05) is 36.6 Å². The molecule has 1 aliphatic carbocycles. The van der Waals surface area contributed by atoms with Crippen molar-refractivity contribution >= 4 is 11.4 Å². The summed E-state index contributed by atoms with van der Waals surface area (Å²) in [4.78, 5) is 4.78. The molecule has 0 N–H and O–H groups in total. The van der Waals surface area contributed by atoms with E-state index in [1.54, 1.807) is 18.8 Å². The van der Waals surface area contributed by atoms with Gasteiger partial charge in [0.05, 0.1) is 11.1 Å². The zero-order valence-electron chi connectivity index (χ0n) is 33.4. The molecule has 9 rings (SSSR count). The molecule has 1 fully saturated rings. The molecule has 7 nitrogen and oxygen atoms in total. The predicted octanol–water partition coefficient (Wildman–Crippen LogP) is 12.5. The van der Waals surface area contributed by atoms with Crippen LogP contribution in [0.4, 0.5) is 11.4 Å². The SMILES string of the molecule is C1=COC2(O1)c1ccccc1Oc1ccccc12.CC.CC1=COC2(CCCCC2)O1.Cc1cccc(C)c1N1C=CN(c2c(C)cccc2C)C1(C)C. The lowest BCUT2D eigenvalue weighted by Crippen LogP contribution is -2.49. The summed E-state index contributed by atoms with van der Waals surface area (Å²) in [6.45, 7) is 19.3. The van der Waals surface area contributed by atoms with E-state index < -0.39 is 5.79 Å². The Morgan fingerprint density at radius 1 is 0.537 bits per heavy atom. The van der Waals surface area contributed by atoms with Crippen LogP contribution < -0.4 is 14.5 Å². The molecule has 0 amide bonds. The van der Waals surface area contributed by atoms with Crippen molar-refractivity contribution in [3.05, 3.63) is 155 Å². The highest BCUT2D eigenvalue weighted by Gasteiger charge is 2.47. The molecule has 0 unspecified atom stereocenters. The minimum absolute atomic E-state index is 0.145. The summed E-state index contributed by atoms with van der Waals surface area (Å²) >= 11 is 0. The molecule has 4 heterocycles. The summed E-state index contributed by atoms with van der Waals surface area (Å²) in [5.41, 5.74) is 9.48. The summed E-state index contributed by atoms with van der Waals surface area (Å²) in [6, 6.07) is 28.5. The number of benzene rings is 4. The Kier molecular flexibility index (Phi) is 11.4. The summed E-state index contributed by atoms with van der Waals surface area (Å²) < 4.78 is 28.5. The molecule has 0 atom stereocenters. The van der Waals surface area contributed by atoms with E-state index in [9.17, 15) is 0 Å². The molecule has 0 radical (unpaired) electrons. The van der Waals surface area contributed by atoms with E-state index >= 15 is 0 Å². The van der Waals surface area contributed by atoms with Crippen molar-refractivity contribution in [1.82, 2.24) is 0 Å². The largest absolute Gasteiger partial charge is 0.456 e. The van der Waals surface area contributed by atoms with Crippen molar-refractivity contribution in [3.8, 4) is 11.5 Å². The molecule has 4 aromatic rings. The Morgan fingerprint density at radius 2 is 0.981 bits per heavy atom. The van der Waals surface area contributed by atoms with Gasteiger partial charge < -0.3 is 33.5 Å². The van der Waals surface area contributed by atoms with Gasteiger partial charge in [-0.15, -0.1) is 0 Å². The van der Waals surface area contributed by atoms with Gasteiger partial charge in [-0.25, -0.2) is 0 Å². The molecule has 0 saturated heterocycles. The van der Waals surface area contributed by atoms with Crippen LogP contribution in [-0.4, -0.2) is 11.4 Å². The maximum absolute atomic E-state index is 5.88. The molecule has 4 aliphatic heterocycles. The lowest BCUT2D eigenvalue weighted by Gasteiger charge is -2.42. The second-order valence-corrected chi connectivity index (χ2v) is 14.7. The maximum atomic E-state index is 5.88. The van der Waals surface area contributed by atoms with E-state index in [4.69, 9.17) is 23.7 Å². The fourth-order valence-corrected chi connectivity index (χ4v) is 7.97. The molecule has 1 saturated carbocycles. The van der Waals surface area contributed by atoms with Crippen molar-refractivity contribution in [2.45, 2.75) is 112 Å². The van der Waals surface area contributed by atoms with E-state index in [2.05, 4.69) is 100 Å². The first kappa shape index (κ1) is 38.4. The van der Waals surface area contributed by atoms with E-state index in [-0.39, 0.29) is 11.4 Å². The van der Waals surface area contributed by atoms with Crippen LogP contribution in [0.3, 0.4) is 0 Å². The van der Waals surface area contributed by atoms with Gasteiger partial charge in [0.2, 0.25) is 5.79 Å². The van der Waals surface area contributed by atoms with Crippen molar-refractivity contribution < 1.29 is 23.7 Å². The first-order valence-corrected chi connectivity index (χ1v) is 19.4. The zero-order chi connectivity index (χ0) is 38.5. The molecule has 0 bridgehead atoms. The maximum Gasteiger partial charge on any atom is 0.311 e. The topological polar surface area (TPSA) is 52.6 Å². The lowest BCUT2D eigenvalue weighted by molar-refractivity contribution is -0.168. The molecule has 4 aromatic carbocycles. The number of rotatable bonds is 2. The van der Waals surface area contributed by atoms with Crippen LogP contribution in [0.1, 0.15) is 100 Å². The van der Waals surface area contributed by atoms with Crippen LogP contribution in [0.5, 0.6) is 11.5 Å². The van der Waals surface area contributed by atoms with Crippen molar-refractivity contribution in [2.24, 2.45) is 0 Å². The second kappa shape index (κ2) is 16.0. The van der Waals surface area contributed by atoms with E-state index in [1.165, 1.54) is 52.9 Å². The molecule has 2 spiro atoms. The van der Waals surface area contributed by atoms with Crippen LogP contribution in [0.15, 0.2) is 122 Å². The standard InChI is InChI=1S/C21H26N2.C15H10O3.C9H14O2.C2H6/c1-15-9-7-10-16(2)19(15)22-13-14-23(21(22,5)6)20-17(3)11-8-12-18(20)4;1-3-7-13-11(5-1)15(16-9-10-17-15)12-6-2-4-8-14(12)18-13;1-8-7-10-9(11-8)5-3-2-4-6-9;1-2/h7-14H,1-6H3;1-10H;7H,2-6H2,1H3;1-2H3. The third-order valence-corrected chi connectivity index (χ3v) is 10.5. The number of fused-ring (bicyclic) bond motifs is 4. The Balaban J connectivity index is 0.000000142. The first-order valence-electron chi connectivity index (χ1n) is 19.4. The number of nitrogens with zero attached hydrogens (tertiary/aromatic N) is 2. The van der Waals surface area contributed by atoms with Gasteiger partial charge in [0.1, 0.15) is 41.7 Å². The molecule has 0 aromatic heterocycles. The summed E-state index contributed by atoms with van der Waals surface area (Å²) in [7, 11) is 0. The highest BCUT2D eigenvalue weighted by Crippen LogP contribution is 2.51. The van der Waals surface area contributed by atoms with Gasteiger partial charge in [-0.05, 0) is 108 Å². The van der Waals surface area contributed by atoms with Crippen molar-refractivity contribution in [3.63, 3.8) is 0 Å². The Morgan fingerprint density at radius 3 is 1.41 bits per heavy atom. The second-order valence-electron chi connectivity index (χ2n) is 14.7. The summed E-state index contributed by atoms with van der Waals surface area (Å²) in [5, 5.41) is 0. The van der Waals surface area contributed by atoms with Gasteiger partial charge >= 0.3 is 5.79 Å². The number of hydrogen-bond acceptors (Lipinski definition) is 7. The number of ether oxygens (including phenoxy) is 5. The van der Waals surface area contributed by atoms with Gasteiger partial charge in [-0.1, -0.05) is 80.9 Å². The molecule has 284 valence electrons. The molecule has 54 heavy (non-hydrogen) atoms. The van der Waals surface area contributed by atoms with Gasteiger partial charge in [-0.2, -0.15) is 0 Å². The van der Waals surface area contributed by atoms with Crippen LogP contribution in [0.25, 0.3) is 0 Å². The van der Waals surface area contributed by atoms with Gasteiger partial charge in [0.25, 0.3) is 0 Å². The van der Waals surface area contributed by atoms with E-state index in [1.807, 2.05) is 69.3 Å². The Bertz CT molecular complexity index is 1860. The fraction of sp³-hybridized carbons (Fsp3) is 0.362. The number of hydrogen-bond donors (Lipinski definition) is 0. The van der Waals surface area contributed by atoms with Gasteiger partial charge in [-0.3, -0.25) is 0 Å². The number of anilines is 2. The van der Waals surface area contributed by atoms with Crippen LogP contribution in [0, 0.1) is 27.7 Å². The number of para-hydroxylation sites is 4. The minimum Gasteiger partial charge on any atom is -0.456 e. The minimum atomic E-state index is -0.897. The average molecular weight is 729 g/mol. The monoisotopic (exact) mass is 728 g/mol. The van der Waals surface area contributed by atoms with Crippen molar-refractivity contribution in [2.75, 3.05) is 9.80 Å². The van der Waals surface area contributed by atoms with E-state index in [0.29, 0.717) is 0 Å². The molecular weight excluding hydrogens is 673 g/mol. The van der Waals surface area contributed by atoms with Crippen molar-refractivity contribution in [1.29, 1.82) is 0 Å². The van der Waals surface area contributed by atoms with Crippen LogP contribution in [0.2, 0.25) is 0 Å². The highest BCUT2D eigenvalue weighted by molar-refractivity contribution is 5.71. The predicted molar refractivity (Wildman–Crippen MR) is 218 cm³/mol. The Hall–Kier alpha value is -5.30. The third-order valence-electron chi connectivity index (χ3n) is 10.5. The molecular formula is C47H56N2O5. The fourth-order valence-electron chi connectivity index (χ4n) is 7.97. The Labute approximate surface area is 322 Å². The van der Waals surface area contributed by atoms with E-state index in [0.717, 1.165) is 41.2 Å². The smallest absolute Gasteiger partial charge is 0.311 e. The molecule has 5 aliphatic rings.